The molecule has 0 amide bonds. The highest BCUT2D eigenvalue weighted by molar-refractivity contribution is 5.93. The fourth-order valence-corrected chi connectivity index (χ4v) is 3.73. The summed E-state index contributed by atoms with van der Waals surface area (Å²) in [4.78, 5) is 13.9. The number of anilines is 2. The van der Waals surface area contributed by atoms with E-state index in [0.717, 1.165) is 40.7 Å². The van der Waals surface area contributed by atoms with Gasteiger partial charge in [-0.3, -0.25) is 5.10 Å². The van der Waals surface area contributed by atoms with Gasteiger partial charge < -0.3 is 14.7 Å². The average Bonchev–Trinajstić information content (AvgIpc) is 3.15. The summed E-state index contributed by atoms with van der Waals surface area (Å²) in [6.45, 7) is 1.34. The Bertz CT molecular complexity index is 944. The standard InChI is InChI=1S/C20H21N3O3/c1-23(15-5-6-17-14(11-15)12-21-22-17)18-4-2-3-16(20(24)25)19(18)13-7-9-26-10-8-13/h2-6,11-13H,7-10H2,1H3,(H,21,22)(H,24,25). The number of nitrogens with zero attached hydrogens (tertiary/aromatic N) is 2. The van der Waals surface area contributed by atoms with Crippen molar-refractivity contribution in [3.63, 3.8) is 0 Å². The molecule has 1 fully saturated rings. The first-order valence-corrected chi connectivity index (χ1v) is 8.76. The van der Waals surface area contributed by atoms with Crippen molar-refractivity contribution in [1.82, 2.24) is 10.2 Å². The van der Waals surface area contributed by atoms with Crippen LogP contribution in [-0.2, 0) is 4.74 Å². The number of H-pyrrole nitrogens is 1. The molecule has 1 aliphatic heterocycles. The molecule has 6 nitrogen and oxygen atoms in total. The van der Waals surface area contributed by atoms with E-state index in [2.05, 4.69) is 21.2 Å². The molecule has 0 atom stereocenters. The second kappa shape index (κ2) is 6.80. The summed E-state index contributed by atoms with van der Waals surface area (Å²) in [6.07, 6.45) is 3.47. The molecule has 0 saturated carbocycles. The number of fused-ring (bicyclic) bond motifs is 1. The lowest BCUT2D eigenvalue weighted by Crippen LogP contribution is -2.21. The van der Waals surface area contributed by atoms with E-state index in [-0.39, 0.29) is 5.92 Å². The summed E-state index contributed by atoms with van der Waals surface area (Å²) in [5.41, 5.74) is 4.18. The van der Waals surface area contributed by atoms with Crippen molar-refractivity contribution in [2.24, 2.45) is 0 Å². The van der Waals surface area contributed by atoms with Gasteiger partial charge in [0.25, 0.3) is 0 Å². The lowest BCUT2D eigenvalue weighted by molar-refractivity contribution is 0.0685. The highest BCUT2D eigenvalue weighted by Crippen LogP contribution is 2.39. The van der Waals surface area contributed by atoms with Crippen LogP contribution in [0.3, 0.4) is 0 Å². The Kier molecular flexibility index (Phi) is 4.34. The predicted molar refractivity (Wildman–Crippen MR) is 100 cm³/mol. The maximum atomic E-state index is 11.9. The second-order valence-electron chi connectivity index (χ2n) is 6.63. The summed E-state index contributed by atoms with van der Waals surface area (Å²) in [6, 6.07) is 11.6. The number of hydrogen-bond acceptors (Lipinski definition) is 4. The molecule has 26 heavy (non-hydrogen) atoms. The third kappa shape index (κ3) is 2.93. The Labute approximate surface area is 151 Å². The van der Waals surface area contributed by atoms with Crippen molar-refractivity contribution < 1.29 is 14.6 Å². The number of benzene rings is 2. The molecule has 0 unspecified atom stereocenters. The largest absolute Gasteiger partial charge is 0.478 e. The van der Waals surface area contributed by atoms with Gasteiger partial charge in [0.05, 0.1) is 17.3 Å². The molecule has 0 aliphatic carbocycles. The molecule has 0 bridgehead atoms. The molecule has 6 heteroatoms. The lowest BCUT2D eigenvalue weighted by atomic mass is 9.86. The highest BCUT2D eigenvalue weighted by Gasteiger charge is 2.26. The molecule has 1 aromatic heterocycles. The fourth-order valence-electron chi connectivity index (χ4n) is 3.73. The Morgan fingerprint density at radius 2 is 2.08 bits per heavy atom. The fraction of sp³-hybridized carbons (Fsp3) is 0.300. The zero-order valence-corrected chi connectivity index (χ0v) is 14.6. The minimum absolute atomic E-state index is 0.186. The van der Waals surface area contributed by atoms with Gasteiger partial charge in [-0.25, -0.2) is 4.79 Å². The van der Waals surface area contributed by atoms with Crippen molar-refractivity contribution in [3.8, 4) is 0 Å². The van der Waals surface area contributed by atoms with Gasteiger partial charge in [-0.1, -0.05) is 6.07 Å². The SMILES string of the molecule is CN(c1ccc2[nH]ncc2c1)c1cccc(C(=O)O)c1C1CCOCC1. The summed E-state index contributed by atoms with van der Waals surface area (Å²) in [7, 11) is 1.98. The van der Waals surface area contributed by atoms with E-state index < -0.39 is 5.97 Å². The summed E-state index contributed by atoms with van der Waals surface area (Å²) in [5, 5.41) is 17.8. The molecule has 3 aromatic rings. The minimum Gasteiger partial charge on any atom is -0.478 e. The molecule has 4 rings (SSSR count). The first-order valence-electron chi connectivity index (χ1n) is 8.76. The summed E-state index contributed by atoms with van der Waals surface area (Å²) < 4.78 is 5.47. The van der Waals surface area contributed by atoms with Crippen LogP contribution in [0.1, 0.15) is 34.7 Å². The van der Waals surface area contributed by atoms with Gasteiger partial charge in [0.2, 0.25) is 0 Å². The maximum absolute atomic E-state index is 11.9. The lowest BCUT2D eigenvalue weighted by Gasteiger charge is -2.30. The summed E-state index contributed by atoms with van der Waals surface area (Å²) in [5.74, 6) is -0.696. The van der Waals surface area contributed by atoms with Gasteiger partial charge in [0.15, 0.2) is 0 Å². The number of carboxylic acids is 1. The minimum atomic E-state index is -0.882. The number of aromatic carboxylic acids is 1. The molecule has 134 valence electrons. The van der Waals surface area contributed by atoms with Crippen LogP contribution in [0, 0.1) is 0 Å². The van der Waals surface area contributed by atoms with Crippen molar-refractivity contribution in [1.29, 1.82) is 0 Å². The van der Waals surface area contributed by atoms with E-state index in [0.29, 0.717) is 18.8 Å². The van der Waals surface area contributed by atoms with Crippen LogP contribution in [0.4, 0.5) is 11.4 Å². The van der Waals surface area contributed by atoms with Crippen molar-refractivity contribution in [2.75, 3.05) is 25.2 Å². The molecule has 2 heterocycles. The Morgan fingerprint density at radius 1 is 1.27 bits per heavy atom. The van der Waals surface area contributed by atoms with Gasteiger partial charge in [-0.2, -0.15) is 5.10 Å². The zero-order chi connectivity index (χ0) is 18.1. The van der Waals surface area contributed by atoms with Crippen LogP contribution in [0.5, 0.6) is 0 Å². The Hall–Kier alpha value is -2.86. The number of ether oxygens (including phenoxy) is 1. The Morgan fingerprint density at radius 3 is 2.85 bits per heavy atom. The van der Waals surface area contributed by atoms with Gasteiger partial charge in [0, 0.05) is 37.0 Å². The quantitative estimate of drug-likeness (QED) is 0.745. The molecular formula is C20H21N3O3. The van der Waals surface area contributed by atoms with E-state index in [1.807, 2.05) is 31.3 Å². The summed E-state index contributed by atoms with van der Waals surface area (Å²) >= 11 is 0. The van der Waals surface area contributed by atoms with Gasteiger partial charge in [0.1, 0.15) is 0 Å². The number of rotatable bonds is 4. The first-order chi connectivity index (χ1) is 12.6. The molecule has 0 radical (unpaired) electrons. The van der Waals surface area contributed by atoms with Crippen molar-refractivity contribution in [3.05, 3.63) is 53.7 Å². The number of aromatic amines is 1. The topological polar surface area (TPSA) is 78.5 Å². The average molecular weight is 351 g/mol. The molecule has 1 saturated heterocycles. The van der Waals surface area contributed by atoms with Crippen molar-refractivity contribution >= 4 is 28.2 Å². The van der Waals surface area contributed by atoms with Gasteiger partial charge in [-0.15, -0.1) is 0 Å². The van der Waals surface area contributed by atoms with Crippen LogP contribution < -0.4 is 4.90 Å². The van der Waals surface area contributed by atoms with E-state index >= 15 is 0 Å². The van der Waals surface area contributed by atoms with E-state index in [4.69, 9.17) is 4.74 Å². The maximum Gasteiger partial charge on any atom is 0.336 e. The van der Waals surface area contributed by atoms with Gasteiger partial charge in [-0.05, 0) is 54.7 Å². The number of carboxylic acid groups (broad SMARTS) is 1. The third-order valence-electron chi connectivity index (χ3n) is 5.12. The number of hydrogen-bond donors (Lipinski definition) is 2. The number of carbonyl (C=O) groups is 1. The van der Waals surface area contributed by atoms with Crippen molar-refractivity contribution in [2.45, 2.75) is 18.8 Å². The first kappa shape index (κ1) is 16.6. The predicted octanol–water partition coefficient (Wildman–Crippen LogP) is 3.92. The third-order valence-corrected chi connectivity index (χ3v) is 5.12. The smallest absolute Gasteiger partial charge is 0.336 e. The van der Waals surface area contributed by atoms with Crippen LogP contribution in [-0.4, -0.2) is 41.5 Å². The molecule has 0 spiro atoms. The monoisotopic (exact) mass is 351 g/mol. The van der Waals surface area contributed by atoms with Crippen LogP contribution in [0.2, 0.25) is 0 Å². The normalized spacial score (nSPS) is 15.3. The van der Waals surface area contributed by atoms with Crippen LogP contribution >= 0.6 is 0 Å². The van der Waals surface area contributed by atoms with E-state index in [1.54, 1.807) is 12.3 Å². The molecule has 2 N–H and O–H groups in total. The molecule has 2 aromatic carbocycles. The van der Waals surface area contributed by atoms with E-state index in [9.17, 15) is 9.90 Å². The highest BCUT2D eigenvalue weighted by atomic mass is 16.5. The zero-order valence-electron chi connectivity index (χ0n) is 14.6. The number of nitrogens with one attached hydrogen (secondary N) is 1. The van der Waals surface area contributed by atoms with Crippen LogP contribution in [0.25, 0.3) is 10.9 Å². The van der Waals surface area contributed by atoms with E-state index in [1.165, 1.54) is 0 Å². The molecule has 1 aliphatic rings. The second-order valence-corrected chi connectivity index (χ2v) is 6.63. The molecular weight excluding hydrogens is 330 g/mol. The van der Waals surface area contributed by atoms with Crippen LogP contribution in [0.15, 0.2) is 42.6 Å². The van der Waals surface area contributed by atoms with Gasteiger partial charge >= 0.3 is 5.97 Å². The number of aromatic nitrogens is 2. The Balaban J connectivity index is 1.81.